The minimum Gasteiger partial charge on any atom is -0.300 e. The van der Waals surface area contributed by atoms with Crippen LogP contribution in [0.25, 0.3) is 0 Å². The molecule has 0 saturated heterocycles. The summed E-state index contributed by atoms with van der Waals surface area (Å²) in [5.74, 6) is 0.211. The maximum Gasteiger partial charge on any atom is 0.257 e. The monoisotopic (exact) mass is 430 g/mol. The number of halogens is 1. The van der Waals surface area contributed by atoms with Gasteiger partial charge in [-0.2, -0.15) is 0 Å². The number of thioether (sulfide) groups is 1. The Morgan fingerprint density at radius 3 is 2.34 bits per heavy atom. The second-order valence-corrected chi connectivity index (χ2v) is 8.60. The Bertz CT molecular complexity index is 925. The number of hydrogen-bond donors (Lipinski definition) is 1. The fourth-order valence-electron chi connectivity index (χ4n) is 2.68. The number of hydrogen-bond acceptors (Lipinski definition) is 6. The van der Waals surface area contributed by atoms with Gasteiger partial charge < -0.3 is 0 Å². The number of aromatic nitrogens is 2. The molecule has 0 radical (unpaired) electrons. The second-order valence-electron chi connectivity index (χ2n) is 6.40. The van der Waals surface area contributed by atoms with Crippen LogP contribution in [0, 0.1) is 5.82 Å². The van der Waals surface area contributed by atoms with Crippen LogP contribution in [0.1, 0.15) is 35.3 Å². The first-order chi connectivity index (χ1) is 14.1. The van der Waals surface area contributed by atoms with Crippen LogP contribution in [0.4, 0.5) is 9.52 Å². The summed E-state index contributed by atoms with van der Waals surface area (Å²) in [6.07, 6.45) is 0. The van der Waals surface area contributed by atoms with Gasteiger partial charge in [-0.25, -0.2) is 4.39 Å². The molecule has 29 heavy (non-hydrogen) atoms. The molecule has 1 amide bonds. The van der Waals surface area contributed by atoms with Gasteiger partial charge in [-0.3, -0.25) is 15.0 Å². The van der Waals surface area contributed by atoms with Crippen LogP contribution in [0.5, 0.6) is 0 Å². The fourth-order valence-corrected chi connectivity index (χ4v) is 4.38. The van der Waals surface area contributed by atoms with Crippen molar-refractivity contribution in [1.82, 2.24) is 15.1 Å². The average Bonchev–Trinajstić information content (AvgIpc) is 3.19. The maximum absolute atomic E-state index is 13.0. The van der Waals surface area contributed by atoms with Crippen LogP contribution < -0.4 is 5.32 Å². The van der Waals surface area contributed by atoms with Gasteiger partial charge in [0.2, 0.25) is 5.13 Å². The molecule has 1 aromatic heterocycles. The zero-order valence-electron chi connectivity index (χ0n) is 16.4. The fraction of sp³-hybridized carbons (Fsp3) is 0.286. The molecule has 152 valence electrons. The lowest BCUT2D eigenvalue weighted by Gasteiger charge is -2.17. The standard InChI is InChI=1S/C21H23FN4OS2/c1-3-26(4-2)13-15-5-9-17(10-6-15)19(27)23-20-24-25-21(29-20)28-14-16-7-11-18(22)12-8-16/h5-12H,3-4,13-14H2,1-2H3,(H,23,24,27). The molecule has 3 aromatic rings. The summed E-state index contributed by atoms with van der Waals surface area (Å²) in [4.78, 5) is 14.8. The lowest BCUT2D eigenvalue weighted by atomic mass is 10.1. The molecule has 0 spiro atoms. The summed E-state index contributed by atoms with van der Waals surface area (Å²) < 4.78 is 13.7. The SMILES string of the molecule is CCN(CC)Cc1ccc(C(=O)Nc2nnc(SCc3ccc(F)cc3)s2)cc1. The van der Waals surface area contributed by atoms with Crippen LogP contribution in [0.2, 0.25) is 0 Å². The van der Waals surface area contributed by atoms with Crippen molar-refractivity contribution in [3.63, 3.8) is 0 Å². The van der Waals surface area contributed by atoms with E-state index in [1.54, 1.807) is 12.1 Å². The summed E-state index contributed by atoms with van der Waals surface area (Å²) in [6, 6.07) is 14.0. The molecule has 8 heteroatoms. The van der Waals surface area contributed by atoms with Crippen LogP contribution in [0.3, 0.4) is 0 Å². The van der Waals surface area contributed by atoms with E-state index in [4.69, 9.17) is 0 Å². The first-order valence-electron chi connectivity index (χ1n) is 9.40. The van der Waals surface area contributed by atoms with Crippen LogP contribution in [-0.4, -0.2) is 34.1 Å². The van der Waals surface area contributed by atoms with E-state index in [0.717, 1.165) is 29.5 Å². The number of carbonyl (C=O) groups is 1. The third-order valence-electron chi connectivity index (χ3n) is 4.42. The van der Waals surface area contributed by atoms with Crippen LogP contribution >= 0.6 is 23.1 Å². The highest BCUT2D eigenvalue weighted by Crippen LogP contribution is 2.28. The number of rotatable bonds is 9. The molecule has 1 N–H and O–H groups in total. The highest BCUT2D eigenvalue weighted by Gasteiger charge is 2.11. The van der Waals surface area contributed by atoms with Crippen molar-refractivity contribution in [3.05, 3.63) is 71.0 Å². The zero-order chi connectivity index (χ0) is 20.6. The number of benzene rings is 2. The highest BCUT2D eigenvalue weighted by molar-refractivity contribution is 8.00. The largest absolute Gasteiger partial charge is 0.300 e. The Balaban J connectivity index is 1.53. The smallest absolute Gasteiger partial charge is 0.257 e. The quantitative estimate of drug-likeness (QED) is 0.380. The molecule has 0 saturated carbocycles. The van der Waals surface area contributed by atoms with Gasteiger partial charge in [0.15, 0.2) is 4.34 Å². The maximum atomic E-state index is 13.0. The molecule has 1 heterocycles. The van der Waals surface area contributed by atoms with Crippen molar-refractivity contribution in [1.29, 1.82) is 0 Å². The summed E-state index contributed by atoms with van der Waals surface area (Å²) in [6.45, 7) is 7.15. The Morgan fingerprint density at radius 1 is 1.03 bits per heavy atom. The number of nitrogens with zero attached hydrogens (tertiary/aromatic N) is 3. The van der Waals surface area contributed by atoms with Gasteiger partial charge >= 0.3 is 0 Å². The Morgan fingerprint density at radius 2 is 1.69 bits per heavy atom. The van der Waals surface area contributed by atoms with E-state index in [1.165, 1.54) is 40.8 Å². The molecular formula is C21H23FN4OS2. The van der Waals surface area contributed by atoms with Crippen molar-refractivity contribution in [2.24, 2.45) is 0 Å². The van der Waals surface area contributed by atoms with E-state index in [2.05, 4.69) is 34.3 Å². The molecule has 0 bridgehead atoms. The van der Waals surface area contributed by atoms with Crippen molar-refractivity contribution in [2.75, 3.05) is 18.4 Å². The molecule has 0 aliphatic heterocycles. The van der Waals surface area contributed by atoms with Gasteiger partial charge in [0.05, 0.1) is 0 Å². The van der Waals surface area contributed by atoms with Crippen LogP contribution in [0.15, 0.2) is 52.9 Å². The first-order valence-corrected chi connectivity index (χ1v) is 11.2. The first kappa shape index (κ1) is 21.4. The Kier molecular flexibility index (Phi) is 7.74. The average molecular weight is 431 g/mol. The molecule has 0 aliphatic carbocycles. The Labute approximate surface area is 178 Å². The summed E-state index contributed by atoms with van der Waals surface area (Å²) in [7, 11) is 0. The predicted octanol–water partition coefficient (Wildman–Crippen LogP) is 5.06. The Hall–Kier alpha value is -2.29. The molecule has 0 atom stereocenters. The van der Waals surface area contributed by atoms with Crippen molar-refractivity contribution >= 4 is 34.1 Å². The van der Waals surface area contributed by atoms with Gasteiger partial charge in [0.1, 0.15) is 5.82 Å². The molecule has 0 fully saturated rings. The van der Waals surface area contributed by atoms with Gasteiger partial charge in [-0.1, -0.05) is 61.2 Å². The molecule has 0 unspecified atom stereocenters. The summed E-state index contributed by atoms with van der Waals surface area (Å²) in [5, 5.41) is 11.4. The third-order valence-corrected chi connectivity index (χ3v) is 6.46. The van der Waals surface area contributed by atoms with E-state index in [0.29, 0.717) is 16.4 Å². The molecule has 2 aromatic carbocycles. The number of carbonyl (C=O) groups excluding carboxylic acids is 1. The van der Waals surface area contributed by atoms with Gasteiger partial charge in [-0.05, 0) is 48.5 Å². The van der Waals surface area contributed by atoms with Crippen molar-refractivity contribution < 1.29 is 9.18 Å². The topological polar surface area (TPSA) is 58.1 Å². The lowest BCUT2D eigenvalue weighted by molar-refractivity contribution is 0.102. The van der Waals surface area contributed by atoms with Crippen LogP contribution in [-0.2, 0) is 12.3 Å². The van der Waals surface area contributed by atoms with Gasteiger partial charge in [0.25, 0.3) is 5.91 Å². The molecular weight excluding hydrogens is 407 g/mol. The van der Waals surface area contributed by atoms with Gasteiger partial charge in [0, 0.05) is 17.9 Å². The van der Waals surface area contributed by atoms with Crippen molar-refractivity contribution in [2.45, 2.75) is 30.5 Å². The zero-order valence-corrected chi connectivity index (χ0v) is 18.0. The predicted molar refractivity (Wildman–Crippen MR) is 117 cm³/mol. The van der Waals surface area contributed by atoms with E-state index >= 15 is 0 Å². The minimum absolute atomic E-state index is 0.203. The number of anilines is 1. The molecule has 3 rings (SSSR count). The normalized spacial score (nSPS) is 11.0. The van der Waals surface area contributed by atoms with E-state index in [1.807, 2.05) is 24.3 Å². The third kappa shape index (κ3) is 6.35. The minimum atomic E-state index is -0.249. The number of nitrogens with one attached hydrogen (secondary N) is 1. The second kappa shape index (κ2) is 10.5. The van der Waals surface area contributed by atoms with E-state index < -0.39 is 0 Å². The van der Waals surface area contributed by atoms with E-state index in [9.17, 15) is 9.18 Å². The molecule has 5 nitrogen and oxygen atoms in total. The van der Waals surface area contributed by atoms with Gasteiger partial charge in [-0.15, -0.1) is 10.2 Å². The summed E-state index contributed by atoms with van der Waals surface area (Å²) >= 11 is 2.83. The highest BCUT2D eigenvalue weighted by atomic mass is 32.2. The van der Waals surface area contributed by atoms with Crippen molar-refractivity contribution in [3.8, 4) is 0 Å². The number of amides is 1. The lowest BCUT2D eigenvalue weighted by Crippen LogP contribution is -2.22. The molecule has 0 aliphatic rings. The van der Waals surface area contributed by atoms with E-state index in [-0.39, 0.29) is 11.7 Å². The summed E-state index contributed by atoms with van der Waals surface area (Å²) in [5.41, 5.74) is 2.77.